The van der Waals surface area contributed by atoms with E-state index in [0.717, 1.165) is 21.7 Å². The van der Waals surface area contributed by atoms with E-state index in [1.165, 1.54) is 4.90 Å². The minimum Gasteiger partial charge on any atom is -0.355 e. The number of amides is 2. The Labute approximate surface area is 185 Å². The maximum Gasteiger partial charge on any atom is 0.244 e. The number of carbonyl (C=O) groups excluding carboxylic acids is 2. The van der Waals surface area contributed by atoms with Crippen molar-refractivity contribution in [3.63, 3.8) is 0 Å². The highest BCUT2D eigenvalue weighted by atomic mass is 32.2. The van der Waals surface area contributed by atoms with Crippen LogP contribution in [0.15, 0.2) is 54.6 Å². The Balaban J connectivity index is 2.28. The van der Waals surface area contributed by atoms with Crippen LogP contribution in [0.2, 0.25) is 0 Å². The summed E-state index contributed by atoms with van der Waals surface area (Å²) >= 11 is 0. The fraction of sp³-hybridized carbons (Fsp3) is 0.391. The smallest absolute Gasteiger partial charge is 0.244 e. The molecule has 1 atom stereocenters. The summed E-state index contributed by atoms with van der Waals surface area (Å²) in [5.41, 5.74) is 2.43. The molecule has 1 N–H and O–H groups in total. The summed E-state index contributed by atoms with van der Waals surface area (Å²) in [6.45, 7) is 5.74. The summed E-state index contributed by atoms with van der Waals surface area (Å²) < 4.78 is 26.0. The number of nitrogens with one attached hydrogen (secondary N) is 1. The molecule has 0 aliphatic heterocycles. The van der Waals surface area contributed by atoms with E-state index in [2.05, 4.69) is 5.32 Å². The summed E-state index contributed by atoms with van der Waals surface area (Å²) in [4.78, 5) is 27.2. The zero-order chi connectivity index (χ0) is 23.0. The number of anilines is 1. The third-order valence-electron chi connectivity index (χ3n) is 5.00. The van der Waals surface area contributed by atoms with Crippen LogP contribution in [0.1, 0.15) is 25.0 Å². The Morgan fingerprint density at radius 2 is 1.65 bits per heavy atom. The van der Waals surface area contributed by atoms with E-state index in [4.69, 9.17) is 0 Å². The molecule has 31 heavy (non-hydrogen) atoms. The molecule has 0 bridgehead atoms. The molecule has 2 rings (SSSR count). The van der Waals surface area contributed by atoms with Gasteiger partial charge in [0.15, 0.2) is 0 Å². The van der Waals surface area contributed by atoms with Crippen molar-refractivity contribution in [3.05, 3.63) is 65.7 Å². The van der Waals surface area contributed by atoms with Gasteiger partial charge >= 0.3 is 0 Å². The molecule has 0 spiro atoms. The first-order valence-corrected chi connectivity index (χ1v) is 12.1. The molecule has 0 aromatic heterocycles. The molecule has 8 heteroatoms. The average Bonchev–Trinajstić information content (AvgIpc) is 2.73. The molecule has 1 unspecified atom stereocenters. The molecule has 0 fully saturated rings. The van der Waals surface area contributed by atoms with Crippen LogP contribution in [0.25, 0.3) is 0 Å². The Morgan fingerprint density at radius 1 is 1.03 bits per heavy atom. The average molecular weight is 446 g/mol. The molecule has 2 aromatic carbocycles. The molecule has 0 heterocycles. The summed E-state index contributed by atoms with van der Waals surface area (Å²) in [6.07, 6.45) is 1.63. The third kappa shape index (κ3) is 7.10. The lowest BCUT2D eigenvalue weighted by Gasteiger charge is -2.31. The van der Waals surface area contributed by atoms with Gasteiger partial charge in [0.25, 0.3) is 0 Å². The van der Waals surface area contributed by atoms with Gasteiger partial charge in [-0.25, -0.2) is 8.42 Å². The number of aryl methyl sites for hydroxylation is 1. The topological polar surface area (TPSA) is 86.8 Å². The third-order valence-corrected chi connectivity index (χ3v) is 6.14. The number of sulfonamides is 1. The number of hydrogen-bond donors (Lipinski definition) is 1. The van der Waals surface area contributed by atoms with Crippen LogP contribution in [0, 0.1) is 6.92 Å². The van der Waals surface area contributed by atoms with Crippen LogP contribution in [0.4, 0.5) is 5.69 Å². The number of benzene rings is 2. The molecular formula is C23H31N3O4S. The molecule has 0 saturated carbocycles. The number of likely N-dealkylation sites (N-methyl/N-ethyl adjacent to an activating group) is 1. The normalized spacial score (nSPS) is 12.1. The van der Waals surface area contributed by atoms with E-state index in [-0.39, 0.29) is 12.5 Å². The molecule has 0 radical (unpaired) electrons. The van der Waals surface area contributed by atoms with E-state index >= 15 is 0 Å². The Morgan fingerprint density at radius 3 is 2.19 bits per heavy atom. The monoisotopic (exact) mass is 445 g/mol. The van der Waals surface area contributed by atoms with Crippen molar-refractivity contribution in [1.82, 2.24) is 10.2 Å². The number of nitrogens with zero attached hydrogens (tertiary/aromatic N) is 2. The van der Waals surface area contributed by atoms with Gasteiger partial charge < -0.3 is 10.2 Å². The fourth-order valence-corrected chi connectivity index (χ4v) is 4.07. The van der Waals surface area contributed by atoms with Crippen LogP contribution in [0.3, 0.4) is 0 Å². The van der Waals surface area contributed by atoms with Gasteiger partial charge in [-0.2, -0.15) is 0 Å². The molecule has 7 nitrogen and oxygen atoms in total. The standard InChI is InChI=1S/C23H31N3O4S/c1-5-24-23(28)19(3)25(16-15-20-9-7-6-8-10-20)22(27)17-26(31(4,29)30)21-13-11-18(2)12-14-21/h6-14,19H,5,15-17H2,1-4H3,(H,24,28). The van der Waals surface area contributed by atoms with Crippen LogP contribution in [-0.2, 0) is 26.0 Å². The molecule has 0 aliphatic carbocycles. The highest BCUT2D eigenvalue weighted by molar-refractivity contribution is 7.92. The lowest BCUT2D eigenvalue weighted by atomic mass is 10.1. The van der Waals surface area contributed by atoms with Crippen molar-refractivity contribution < 1.29 is 18.0 Å². The second-order valence-electron chi connectivity index (χ2n) is 7.50. The van der Waals surface area contributed by atoms with Gasteiger partial charge in [0.1, 0.15) is 12.6 Å². The second-order valence-corrected chi connectivity index (χ2v) is 9.41. The Hall–Kier alpha value is -2.87. The zero-order valence-electron chi connectivity index (χ0n) is 18.5. The Kier molecular flexibility index (Phi) is 8.62. The maximum atomic E-state index is 13.3. The van der Waals surface area contributed by atoms with E-state index < -0.39 is 22.0 Å². The maximum absolute atomic E-state index is 13.3. The fourth-order valence-electron chi connectivity index (χ4n) is 3.22. The number of rotatable bonds is 10. The van der Waals surface area contributed by atoms with E-state index in [1.54, 1.807) is 31.2 Å². The SMILES string of the molecule is CCNC(=O)C(C)N(CCc1ccccc1)C(=O)CN(c1ccc(C)cc1)S(C)(=O)=O. The van der Waals surface area contributed by atoms with Crippen molar-refractivity contribution in [1.29, 1.82) is 0 Å². The summed E-state index contributed by atoms with van der Waals surface area (Å²) in [7, 11) is -3.70. The predicted molar refractivity (Wildman–Crippen MR) is 123 cm³/mol. The summed E-state index contributed by atoms with van der Waals surface area (Å²) in [5, 5.41) is 2.74. The molecule has 2 amide bonds. The quantitative estimate of drug-likeness (QED) is 0.608. The van der Waals surface area contributed by atoms with Crippen molar-refractivity contribution in [2.24, 2.45) is 0 Å². The highest BCUT2D eigenvalue weighted by Crippen LogP contribution is 2.19. The molecular weight excluding hydrogens is 414 g/mol. The van der Waals surface area contributed by atoms with E-state index in [0.29, 0.717) is 25.2 Å². The summed E-state index contributed by atoms with van der Waals surface area (Å²) in [5.74, 6) is -0.703. The summed E-state index contributed by atoms with van der Waals surface area (Å²) in [6, 6.07) is 15.9. The van der Waals surface area contributed by atoms with Crippen molar-refractivity contribution >= 4 is 27.5 Å². The van der Waals surface area contributed by atoms with E-state index in [9.17, 15) is 18.0 Å². The van der Waals surface area contributed by atoms with Crippen LogP contribution in [0.5, 0.6) is 0 Å². The minimum atomic E-state index is -3.70. The van der Waals surface area contributed by atoms with Crippen molar-refractivity contribution in [2.45, 2.75) is 33.2 Å². The van der Waals surface area contributed by atoms with Gasteiger partial charge in [-0.1, -0.05) is 48.0 Å². The first-order chi connectivity index (χ1) is 14.6. The van der Waals surface area contributed by atoms with Gasteiger partial charge in [0, 0.05) is 13.1 Å². The van der Waals surface area contributed by atoms with Crippen LogP contribution in [-0.4, -0.2) is 57.1 Å². The van der Waals surface area contributed by atoms with Gasteiger partial charge in [-0.05, 0) is 44.9 Å². The Bertz CT molecular complexity index is 976. The first kappa shape index (κ1) is 24.4. The van der Waals surface area contributed by atoms with E-state index in [1.807, 2.05) is 44.2 Å². The molecule has 2 aromatic rings. The predicted octanol–water partition coefficient (Wildman–Crippen LogP) is 2.36. The second kappa shape index (κ2) is 10.9. The van der Waals surface area contributed by atoms with Crippen molar-refractivity contribution in [2.75, 3.05) is 30.2 Å². The number of hydrogen-bond acceptors (Lipinski definition) is 4. The lowest BCUT2D eigenvalue weighted by molar-refractivity contribution is -0.138. The minimum absolute atomic E-state index is 0.273. The largest absolute Gasteiger partial charge is 0.355 e. The van der Waals surface area contributed by atoms with Gasteiger partial charge in [-0.15, -0.1) is 0 Å². The molecule has 0 saturated heterocycles. The van der Waals surface area contributed by atoms with Gasteiger partial charge in [-0.3, -0.25) is 13.9 Å². The van der Waals surface area contributed by atoms with Gasteiger partial charge in [0.2, 0.25) is 21.8 Å². The van der Waals surface area contributed by atoms with Crippen LogP contribution < -0.4 is 9.62 Å². The lowest BCUT2D eigenvalue weighted by Crippen LogP contribution is -2.52. The van der Waals surface area contributed by atoms with Gasteiger partial charge in [0.05, 0.1) is 11.9 Å². The zero-order valence-corrected chi connectivity index (χ0v) is 19.4. The van der Waals surface area contributed by atoms with Crippen LogP contribution >= 0.6 is 0 Å². The highest BCUT2D eigenvalue weighted by Gasteiger charge is 2.29. The first-order valence-electron chi connectivity index (χ1n) is 10.3. The number of carbonyl (C=O) groups is 2. The molecule has 0 aliphatic rings. The molecule has 168 valence electrons. The van der Waals surface area contributed by atoms with Crippen molar-refractivity contribution in [3.8, 4) is 0 Å².